The molecular weight excluding hydrogens is 232 g/mol. The van der Waals surface area contributed by atoms with E-state index in [1.807, 2.05) is 13.8 Å². The number of rotatable bonds is 4. The Morgan fingerprint density at radius 3 is 2.44 bits per heavy atom. The maximum Gasteiger partial charge on any atom is 0.244 e. The molecule has 0 aliphatic rings. The highest BCUT2D eigenvalue weighted by molar-refractivity contribution is 5.76. The molecule has 6 nitrogen and oxygen atoms in total. The molecule has 0 spiro atoms. The fraction of sp³-hybridized carbons (Fsp3) is 0.667. The van der Waals surface area contributed by atoms with Gasteiger partial charge in [-0.1, -0.05) is 0 Å². The van der Waals surface area contributed by atoms with Gasteiger partial charge in [0.15, 0.2) is 0 Å². The Morgan fingerprint density at radius 2 is 2.06 bits per heavy atom. The number of hydrogen-bond donors (Lipinski definition) is 2. The van der Waals surface area contributed by atoms with E-state index in [0.29, 0.717) is 5.69 Å². The lowest BCUT2D eigenvalue weighted by Gasteiger charge is -2.34. The number of aliphatic hydroxyl groups is 1. The van der Waals surface area contributed by atoms with Crippen molar-refractivity contribution in [3.63, 3.8) is 0 Å². The topological polar surface area (TPSA) is 84.4 Å². The number of likely N-dealkylation sites (N-methyl/N-ethyl adjacent to an activating group) is 1. The van der Waals surface area contributed by atoms with Crippen molar-refractivity contribution in [3.05, 3.63) is 11.4 Å². The van der Waals surface area contributed by atoms with Gasteiger partial charge in [-0.15, -0.1) is 0 Å². The van der Waals surface area contributed by atoms with E-state index in [0.717, 1.165) is 11.4 Å². The van der Waals surface area contributed by atoms with Crippen LogP contribution in [0, 0.1) is 13.8 Å². The quantitative estimate of drug-likeness (QED) is 0.810. The zero-order chi connectivity index (χ0) is 14.1. The minimum absolute atomic E-state index is 0.0888. The summed E-state index contributed by atoms with van der Waals surface area (Å²) in [6.45, 7) is 7.30. The number of carbonyl (C=O) groups excluding carboxylic acids is 1. The van der Waals surface area contributed by atoms with Gasteiger partial charge in [0, 0.05) is 7.05 Å². The highest BCUT2D eigenvalue weighted by Gasteiger charge is 2.27. The predicted octanol–water partition coefficient (Wildman–Crippen LogP) is 0.311. The minimum atomic E-state index is -0.585. The third kappa shape index (κ3) is 2.64. The van der Waals surface area contributed by atoms with Gasteiger partial charge in [-0.3, -0.25) is 9.48 Å². The molecule has 0 unspecified atom stereocenters. The normalized spacial score (nSPS) is 11.7. The van der Waals surface area contributed by atoms with Crippen molar-refractivity contribution >= 4 is 11.6 Å². The second-order valence-electron chi connectivity index (χ2n) is 5.17. The smallest absolute Gasteiger partial charge is 0.244 e. The van der Waals surface area contributed by atoms with E-state index in [1.165, 1.54) is 4.90 Å². The molecule has 0 radical (unpaired) electrons. The molecule has 18 heavy (non-hydrogen) atoms. The van der Waals surface area contributed by atoms with Crippen LogP contribution in [0.4, 0.5) is 5.69 Å². The first kappa shape index (κ1) is 14.5. The molecule has 0 aliphatic heterocycles. The van der Waals surface area contributed by atoms with Crippen LogP contribution < -0.4 is 5.73 Å². The maximum absolute atomic E-state index is 12.1. The van der Waals surface area contributed by atoms with Crippen LogP contribution in [0.3, 0.4) is 0 Å². The van der Waals surface area contributed by atoms with Crippen LogP contribution in [-0.2, 0) is 11.3 Å². The van der Waals surface area contributed by atoms with Crippen LogP contribution in [0.2, 0.25) is 0 Å². The number of nitrogen functional groups attached to an aromatic ring is 1. The van der Waals surface area contributed by atoms with Crippen LogP contribution in [0.25, 0.3) is 0 Å². The third-order valence-electron chi connectivity index (χ3n) is 3.39. The summed E-state index contributed by atoms with van der Waals surface area (Å²) in [6.07, 6.45) is 0. The van der Waals surface area contributed by atoms with Crippen LogP contribution in [0.5, 0.6) is 0 Å². The highest BCUT2D eigenvalue weighted by Crippen LogP contribution is 2.16. The highest BCUT2D eigenvalue weighted by atomic mass is 16.3. The standard InChI is InChI=1S/C12H22N4O2/c1-8-11(13)9(2)16(14-8)6-10(18)15(5)12(3,4)7-17/h17H,6-7,13H2,1-5H3. The number of amides is 1. The monoisotopic (exact) mass is 254 g/mol. The molecule has 0 aromatic carbocycles. The number of anilines is 1. The van der Waals surface area contributed by atoms with Gasteiger partial charge in [0.25, 0.3) is 0 Å². The summed E-state index contributed by atoms with van der Waals surface area (Å²) in [5.41, 5.74) is 7.37. The number of nitrogens with zero attached hydrogens (tertiary/aromatic N) is 3. The number of hydrogen-bond acceptors (Lipinski definition) is 4. The average Bonchev–Trinajstić information content (AvgIpc) is 2.56. The number of carbonyl (C=O) groups is 1. The third-order valence-corrected chi connectivity index (χ3v) is 3.39. The molecule has 0 bridgehead atoms. The summed E-state index contributed by atoms with van der Waals surface area (Å²) in [6, 6.07) is 0. The van der Waals surface area contributed by atoms with Crippen LogP contribution >= 0.6 is 0 Å². The Balaban J connectivity index is 2.85. The van der Waals surface area contributed by atoms with E-state index in [1.54, 1.807) is 25.6 Å². The first-order valence-corrected chi connectivity index (χ1v) is 5.87. The number of aliphatic hydroxyl groups excluding tert-OH is 1. The van der Waals surface area contributed by atoms with Crippen molar-refractivity contribution in [2.24, 2.45) is 0 Å². The van der Waals surface area contributed by atoms with E-state index in [-0.39, 0.29) is 19.1 Å². The Morgan fingerprint density at radius 1 is 1.50 bits per heavy atom. The van der Waals surface area contributed by atoms with Crippen molar-refractivity contribution < 1.29 is 9.90 Å². The molecule has 3 N–H and O–H groups in total. The summed E-state index contributed by atoms with van der Waals surface area (Å²) in [4.78, 5) is 13.6. The van der Waals surface area contributed by atoms with Gasteiger partial charge >= 0.3 is 0 Å². The van der Waals surface area contributed by atoms with Gasteiger partial charge in [-0.25, -0.2) is 0 Å². The molecule has 1 aromatic rings. The maximum atomic E-state index is 12.1. The van der Waals surface area contributed by atoms with E-state index < -0.39 is 5.54 Å². The fourth-order valence-electron chi connectivity index (χ4n) is 1.54. The van der Waals surface area contributed by atoms with Crippen LogP contribution in [0.1, 0.15) is 25.2 Å². The molecule has 1 rings (SSSR count). The molecule has 0 saturated carbocycles. The Kier molecular flexibility index (Phi) is 4.01. The molecular formula is C12H22N4O2. The molecule has 1 heterocycles. The second-order valence-corrected chi connectivity index (χ2v) is 5.17. The summed E-state index contributed by atoms with van der Waals surface area (Å²) < 4.78 is 1.59. The molecule has 1 aromatic heterocycles. The van der Waals surface area contributed by atoms with Gasteiger partial charge in [-0.05, 0) is 27.7 Å². The Bertz CT molecular complexity index is 451. The van der Waals surface area contributed by atoms with Gasteiger partial charge in [0.1, 0.15) is 6.54 Å². The van der Waals surface area contributed by atoms with E-state index in [9.17, 15) is 9.90 Å². The van der Waals surface area contributed by atoms with E-state index in [2.05, 4.69) is 5.10 Å². The number of aryl methyl sites for hydroxylation is 1. The zero-order valence-corrected chi connectivity index (χ0v) is 11.7. The van der Waals surface area contributed by atoms with Crippen molar-refractivity contribution in [1.82, 2.24) is 14.7 Å². The molecule has 102 valence electrons. The predicted molar refractivity (Wildman–Crippen MR) is 70.0 cm³/mol. The average molecular weight is 254 g/mol. The summed E-state index contributed by atoms with van der Waals surface area (Å²) >= 11 is 0. The van der Waals surface area contributed by atoms with E-state index in [4.69, 9.17) is 5.73 Å². The lowest BCUT2D eigenvalue weighted by molar-refractivity contribution is -0.136. The summed E-state index contributed by atoms with van der Waals surface area (Å²) in [5, 5.41) is 13.5. The Hall–Kier alpha value is -1.56. The molecule has 0 atom stereocenters. The molecule has 0 fully saturated rings. The second kappa shape index (κ2) is 4.97. The van der Waals surface area contributed by atoms with Gasteiger partial charge in [0.2, 0.25) is 5.91 Å². The fourth-order valence-corrected chi connectivity index (χ4v) is 1.54. The lowest BCUT2D eigenvalue weighted by Crippen LogP contribution is -2.48. The first-order chi connectivity index (χ1) is 8.20. The molecule has 1 amide bonds. The minimum Gasteiger partial charge on any atom is -0.396 e. The van der Waals surface area contributed by atoms with Crippen molar-refractivity contribution in [1.29, 1.82) is 0 Å². The van der Waals surface area contributed by atoms with Crippen molar-refractivity contribution in [3.8, 4) is 0 Å². The summed E-state index contributed by atoms with van der Waals surface area (Å²) in [5.74, 6) is -0.111. The summed E-state index contributed by atoms with van der Waals surface area (Å²) in [7, 11) is 1.67. The van der Waals surface area contributed by atoms with Crippen LogP contribution in [-0.4, -0.2) is 44.9 Å². The van der Waals surface area contributed by atoms with Gasteiger partial charge in [-0.2, -0.15) is 5.10 Å². The number of nitrogens with two attached hydrogens (primary N) is 1. The molecule has 0 saturated heterocycles. The largest absolute Gasteiger partial charge is 0.396 e. The molecule has 0 aliphatic carbocycles. The number of aromatic nitrogens is 2. The zero-order valence-electron chi connectivity index (χ0n) is 11.7. The van der Waals surface area contributed by atoms with Crippen molar-refractivity contribution in [2.75, 3.05) is 19.4 Å². The van der Waals surface area contributed by atoms with Crippen molar-refractivity contribution in [2.45, 2.75) is 39.8 Å². The lowest BCUT2D eigenvalue weighted by atomic mass is 10.1. The first-order valence-electron chi connectivity index (χ1n) is 5.87. The van der Waals surface area contributed by atoms with Gasteiger partial charge < -0.3 is 15.7 Å². The molecule has 6 heteroatoms. The van der Waals surface area contributed by atoms with E-state index >= 15 is 0 Å². The van der Waals surface area contributed by atoms with Crippen LogP contribution in [0.15, 0.2) is 0 Å². The SMILES string of the molecule is Cc1nn(CC(=O)N(C)C(C)(C)CO)c(C)c1N. The Labute approximate surface area is 107 Å². The van der Waals surface area contributed by atoms with Gasteiger partial charge in [0.05, 0.1) is 29.2 Å².